The van der Waals surface area contributed by atoms with E-state index in [2.05, 4.69) is 0 Å². The quantitative estimate of drug-likeness (QED) is 0.885. The highest BCUT2D eigenvalue weighted by Gasteiger charge is 2.11. The molecule has 0 amide bonds. The lowest BCUT2D eigenvalue weighted by molar-refractivity contribution is 0.0697. The van der Waals surface area contributed by atoms with Crippen LogP contribution in [0.15, 0.2) is 36.4 Å². The lowest BCUT2D eigenvalue weighted by atomic mass is 10.0. The van der Waals surface area contributed by atoms with Crippen LogP contribution in [-0.4, -0.2) is 11.1 Å². The van der Waals surface area contributed by atoms with E-state index >= 15 is 0 Å². The van der Waals surface area contributed by atoms with Crippen molar-refractivity contribution in [3.05, 3.63) is 58.4 Å². The highest BCUT2D eigenvalue weighted by molar-refractivity contribution is 6.31. The Labute approximate surface area is 109 Å². The zero-order chi connectivity index (χ0) is 13.3. The zero-order valence-electron chi connectivity index (χ0n) is 9.58. The largest absolute Gasteiger partial charge is 0.478 e. The van der Waals surface area contributed by atoms with Crippen LogP contribution in [0.3, 0.4) is 0 Å². The van der Waals surface area contributed by atoms with E-state index in [0.717, 1.165) is 11.6 Å². The second-order valence-electron chi connectivity index (χ2n) is 4.02. The maximum Gasteiger partial charge on any atom is 0.335 e. The third-order valence-corrected chi connectivity index (χ3v) is 2.78. The SMILES string of the molecule is Cc1cc(Cl)cc(-c2cc(C(=O)O)ccc2F)c1. The smallest absolute Gasteiger partial charge is 0.335 e. The van der Waals surface area contributed by atoms with E-state index < -0.39 is 11.8 Å². The van der Waals surface area contributed by atoms with Crippen molar-refractivity contribution >= 4 is 17.6 Å². The first-order valence-corrected chi connectivity index (χ1v) is 5.65. The molecule has 4 heteroatoms. The standard InChI is InChI=1S/C14H10ClFO2/c1-8-4-10(6-11(15)5-8)12-7-9(14(17)18)2-3-13(12)16/h2-7H,1H3,(H,17,18). The van der Waals surface area contributed by atoms with Crippen LogP contribution in [0.25, 0.3) is 11.1 Å². The van der Waals surface area contributed by atoms with Crippen molar-refractivity contribution in [2.45, 2.75) is 6.92 Å². The maximum atomic E-state index is 13.7. The summed E-state index contributed by atoms with van der Waals surface area (Å²) in [6.45, 7) is 1.84. The van der Waals surface area contributed by atoms with Crippen molar-refractivity contribution in [1.29, 1.82) is 0 Å². The summed E-state index contributed by atoms with van der Waals surface area (Å²) in [4.78, 5) is 10.9. The van der Waals surface area contributed by atoms with Crippen LogP contribution < -0.4 is 0 Å². The molecule has 0 aliphatic carbocycles. The molecule has 0 atom stereocenters. The lowest BCUT2D eigenvalue weighted by Crippen LogP contribution is -1.97. The average molecular weight is 265 g/mol. The van der Waals surface area contributed by atoms with Gasteiger partial charge in [0.05, 0.1) is 5.56 Å². The molecule has 0 aromatic heterocycles. The minimum Gasteiger partial charge on any atom is -0.478 e. The molecule has 0 aliphatic heterocycles. The first-order chi connectivity index (χ1) is 8.47. The molecule has 2 aromatic rings. The molecular weight excluding hydrogens is 255 g/mol. The predicted molar refractivity (Wildman–Crippen MR) is 68.5 cm³/mol. The van der Waals surface area contributed by atoms with Gasteiger partial charge in [0.1, 0.15) is 5.82 Å². The Kier molecular flexibility index (Phi) is 3.34. The van der Waals surface area contributed by atoms with Gasteiger partial charge >= 0.3 is 5.97 Å². The molecule has 0 aliphatic rings. The molecule has 0 spiro atoms. The van der Waals surface area contributed by atoms with E-state index in [1.807, 2.05) is 6.92 Å². The number of halogens is 2. The van der Waals surface area contributed by atoms with Gasteiger partial charge in [-0.1, -0.05) is 17.7 Å². The van der Waals surface area contributed by atoms with Crippen LogP contribution in [0.1, 0.15) is 15.9 Å². The van der Waals surface area contributed by atoms with Crippen LogP contribution in [0, 0.1) is 12.7 Å². The fourth-order valence-electron chi connectivity index (χ4n) is 1.77. The molecule has 0 unspecified atom stereocenters. The van der Waals surface area contributed by atoms with Gasteiger partial charge in [-0.15, -0.1) is 0 Å². The van der Waals surface area contributed by atoms with Crippen LogP contribution >= 0.6 is 11.6 Å². The summed E-state index contributed by atoms with van der Waals surface area (Å²) in [5.74, 6) is -1.56. The Hall–Kier alpha value is -1.87. The summed E-state index contributed by atoms with van der Waals surface area (Å²) >= 11 is 5.92. The third kappa shape index (κ3) is 2.51. The summed E-state index contributed by atoms with van der Waals surface area (Å²) < 4.78 is 13.7. The Morgan fingerprint density at radius 1 is 1.22 bits per heavy atom. The van der Waals surface area contributed by atoms with E-state index in [4.69, 9.17) is 16.7 Å². The maximum absolute atomic E-state index is 13.7. The minimum absolute atomic E-state index is 0.0454. The van der Waals surface area contributed by atoms with Gasteiger partial charge in [0.15, 0.2) is 0 Å². The number of rotatable bonds is 2. The number of aryl methyl sites for hydroxylation is 1. The Bertz CT molecular complexity index is 603. The fourth-order valence-corrected chi connectivity index (χ4v) is 2.06. The number of carbonyl (C=O) groups is 1. The van der Waals surface area contributed by atoms with E-state index in [0.29, 0.717) is 10.6 Å². The molecule has 0 saturated carbocycles. The molecule has 2 aromatic carbocycles. The lowest BCUT2D eigenvalue weighted by Gasteiger charge is -2.07. The molecule has 0 saturated heterocycles. The van der Waals surface area contributed by atoms with E-state index in [-0.39, 0.29) is 11.1 Å². The van der Waals surface area contributed by atoms with Crippen LogP contribution in [0.2, 0.25) is 5.02 Å². The van der Waals surface area contributed by atoms with Crippen molar-refractivity contribution < 1.29 is 14.3 Å². The minimum atomic E-state index is -1.09. The van der Waals surface area contributed by atoms with Crippen molar-refractivity contribution in [3.63, 3.8) is 0 Å². The van der Waals surface area contributed by atoms with Crippen LogP contribution in [0.5, 0.6) is 0 Å². The molecule has 92 valence electrons. The van der Waals surface area contributed by atoms with Crippen molar-refractivity contribution in [1.82, 2.24) is 0 Å². The van der Waals surface area contributed by atoms with Gasteiger partial charge in [0.25, 0.3) is 0 Å². The van der Waals surface area contributed by atoms with E-state index in [1.165, 1.54) is 12.1 Å². The number of carboxylic acids is 1. The number of aromatic carboxylic acids is 1. The highest BCUT2D eigenvalue weighted by atomic mass is 35.5. The van der Waals surface area contributed by atoms with Crippen LogP contribution in [0.4, 0.5) is 4.39 Å². The predicted octanol–water partition coefficient (Wildman–Crippen LogP) is 4.15. The zero-order valence-corrected chi connectivity index (χ0v) is 10.3. The van der Waals surface area contributed by atoms with Gasteiger partial charge in [-0.25, -0.2) is 9.18 Å². The van der Waals surface area contributed by atoms with E-state index in [9.17, 15) is 9.18 Å². The normalized spacial score (nSPS) is 10.4. The molecular formula is C14H10ClFO2. The Morgan fingerprint density at radius 2 is 1.94 bits per heavy atom. The van der Waals surface area contributed by atoms with Crippen molar-refractivity contribution in [3.8, 4) is 11.1 Å². The number of hydrogen-bond acceptors (Lipinski definition) is 1. The molecule has 2 rings (SSSR count). The number of hydrogen-bond donors (Lipinski definition) is 1. The Balaban J connectivity index is 2.62. The van der Waals surface area contributed by atoms with Gasteiger partial charge < -0.3 is 5.11 Å². The summed E-state index contributed by atoms with van der Waals surface area (Å²) in [6.07, 6.45) is 0. The molecule has 0 heterocycles. The molecule has 2 nitrogen and oxygen atoms in total. The van der Waals surface area contributed by atoms with Gasteiger partial charge in [-0.05, 0) is 48.4 Å². The van der Waals surface area contributed by atoms with Crippen molar-refractivity contribution in [2.24, 2.45) is 0 Å². The van der Waals surface area contributed by atoms with Gasteiger partial charge in [-0.3, -0.25) is 0 Å². The monoisotopic (exact) mass is 264 g/mol. The molecule has 0 bridgehead atoms. The summed E-state index contributed by atoms with van der Waals surface area (Å²) in [5, 5.41) is 9.40. The topological polar surface area (TPSA) is 37.3 Å². The van der Waals surface area contributed by atoms with Crippen molar-refractivity contribution in [2.75, 3.05) is 0 Å². The summed E-state index contributed by atoms with van der Waals surface area (Å²) in [5.41, 5.74) is 1.74. The summed E-state index contributed by atoms with van der Waals surface area (Å²) in [6, 6.07) is 8.81. The molecule has 0 fully saturated rings. The second kappa shape index (κ2) is 4.78. The van der Waals surface area contributed by atoms with Gasteiger partial charge in [-0.2, -0.15) is 0 Å². The van der Waals surface area contributed by atoms with E-state index in [1.54, 1.807) is 18.2 Å². The average Bonchev–Trinajstić information content (AvgIpc) is 2.27. The number of carboxylic acid groups (broad SMARTS) is 1. The van der Waals surface area contributed by atoms with Gasteiger partial charge in [0.2, 0.25) is 0 Å². The molecule has 1 N–H and O–H groups in total. The first kappa shape index (κ1) is 12.6. The molecule has 18 heavy (non-hydrogen) atoms. The third-order valence-electron chi connectivity index (χ3n) is 2.57. The summed E-state index contributed by atoms with van der Waals surface area (Å²) in [7, 11) is 0. The first-order valence-electron chi connectivity index (χ1n) is 5.28. The second-order valence-corrected chi connectivity index (χ2v) is 4.45. The fraction of sp³-hybridized carbons (Fsp3) is 0.0714. The van der Waals surface area contributed by atoms with Gasteiger partial charge in [0, 0.05) is 10.6 Å². The van der Waals surface area contributed by atoms with Crippen LogP contribution in [-0.2, 0) is 0 Å². The molecule has 0 radical (unpaired) electrons. The Morgan fingerprint density at radius 3 is 2.56 bits per heavy atom. The number of benzene rings is 2. The highest BCUT2D eigenvalue weighted by Crippen LogP contribution is 2.27.